The molecule has 2 N–H and O–H groups in total. The van der Waals surface area contributed by atoms with Crippen molar-refractivity contribution < 1.29 is 19.1 Å². The van der Waals surface area contributed by atoms with Gasteiger partial charge in [-0.15, -0.1) is 0 Å². The molecule has 10 heteroatoms. The third-order valence-corrected chi connectivity index (χ3v) is 3.81. The topological polar surface area (TPSA) is 89.6 Å². The average molecular weight is 405 g/mol. The Morgan fingerprint density at radius 3 is 2.40 bits per heavy atom. The number of carbonyl (C=O) groups excluding carboxylic acids is 2. The molecule has 0 atom stereocenters. The van der Waals surface area contributed by atoms with E-state index in [-0.39, 0.29) is 21.1 Å². The minimum atomic E-state index is -0.620. The fraction of sp³-hybridized carbons (Fsp3) is 0.133. The molecule has 0 aliphatic rings. The van der Waals surface area contributed by atoms with Gasteiger partial charge in [-0.3, -0.25) is 20.4 Å². The second-order valence-corrected chi connectivity index (χ2v) is 5.74. The summed E-state index contributed by atoms with van der Waals surface area (Å²) in [7, 11) is 1.52. The molecule has 0 unspecified atom stereocenters. The number of nitrogens with zero attached hydrogens (tertiary/aromatic N) is 1. The van der Waals surface area contributed by atoms with Gasteiger partial charge in [0, 0.05) is 5.56 Å². The molecule has 0 fully saturated rings. The Labute approximate surface area is 158 Å². The van der Waals surface area contributed by atoms with Crippen molar-refractivity contribution in [2.75, 3.05) is 13.7 Å². The van der Waals surface area contributed by atoms with Gasteiger partial charge in [0.1, 0.15) is 10.8 Å². The molecule has 2 aromatic rings. The van der Waals surface area contributed by atoms with Crippen LogP contribution >= 0.6 is 34.8 Å². The highest BCUT2D eigenvalue weighted by Crippen LogP contribution is 2.30. The Morgan fingerprint density at radius 1 is 1.08 bits per heavy atom. The summed E-state index contributed by atoms with van der Waals surface area (Å²) in [6.07, 6.45) is 0. The van der Waals surface area contributed by atoms with E-state index in [0.717, 1.165) is 0 Å². The predicted octanol–water partition coefficient (Wildman–Crippen LogP) is 2.89. The number of amides is 2. The van der Waals surface area contributed by atoms with E-state index in [1.165, 1.54) is 13.2 Å². The third-order valence-electron chi connectivity index (χ3n) is 2.86. The van der Waals surface area contributed by atoms with Gasteiger partial charge in [-0.1, -0.05) is 34.8 Å². The number of benzene rings is 1. The van der Waals surface area contributed by atoms with Crippen molar-refractivity contribution in [2.24, 2.45) is 0 Å². The number of aromatic nitrogens is 1. The zero-order chi connectivity index (χ0) is 18.4. The maximum absolute atomic E-state index is 11.9. The molecule has 2 rings (SSSR count). The maximum atomic E-state index is 11.9. The molecule has 0 saturated heterocycles. The molecule has 0 aliphatic heterocycles. The standard InChI is InChI=1S/C15H12Cl3N3O4/c1-24-9-4-2-8(3-5-9)14(23)21-20-12(22)7-25-15-11(17)6-10(16)13(18)19-15/h2-6H,7H2,1H3,(H,20,22)(H,21,23). The number of halogens is 3. The second kappa shape index (κ2) is 8.75. The fourth-order valence-corrected chi connectivity index (χ4v) is 2.19. The first-order valence-corrected chi connectivity index (χ1v) is 7.91. The molecular weight excluding hydrogens is 393 g/mol. The monoisotopic (exact) mass is 403 g/mol. The van der Waals surface area contributed by atoms with Crippen molar-refractivity contribution in [3.63, 3.8) is 0 Å². The van der Waals surface area contributed by atoms with Crippen LogP contribution in [0.5, 0.6) is 11.6 Å². The summed E-state index contributed by atoms with van der Waals surface area (Å²) in [5.41, 5.74) is 4.79. The van der Waals surface area contributed by atoms with Gasteiger partial charge >= 0.3 is 0 Å². The van der Waals surface area contributed by atoms with Gasteiger partial charge in [0.2, 0.25) is 5.88 Å². The average Bonchev–Trinajstić information content (AvgIpc) is 2.61. The summed E-state index contributed by atoms with van der Waals surface area (Å²) >= 11 is 17.4. The summed E-state index contributed by atoms with van der Waals surface area (Å²) in [5.74, 6) is -0.555. The lowest BCUT2D eigenvalue weighted by Gasteiger charge is -2.10. The Morgan fingerprint density at radius 2 is 1.76 bits per heavy atom. The van der Waals surface area contributed by atoms with Crippen LogP contribution < -0.4 is 20.3 Å². The van der Waals surface area contributed by atoms with Crippen molar-refractivity contribution >= 4 is 46.6 Å². The van der Waals surface area contributed by atoms with Crippen LogP contribution in [-0.2, 0) is 4.79 Å². The SMILES string of the molecule is COc1ccc(C(=O)NNC(=O)COc2nc(Cl)c(Cl)cc2Cl)cc1. The number of hydrogen-bond acceptors (Lipinski definition) is 5. The molecule has 132 valence electrons. The molecule has 1 heterocycles. The molecule has 0 aliphatic carbocycles. The number of nitrogens with one attached hydrogen (secondary N) is 2. The lowest BCUT2D eigenvalue weighted by Crippen LogP contribution is -2.43. The number of pyridine rings is 1. The van der Waals surface area contributed by atoms with E-state index >= 15 is 0 Å². The Bertz CT molecular complexity index is 784. The number of hydrazine groups is 1. The van der Waals surface area contributed by atoms with E-state index in [1.807, 2.05) is 0 Å². The molecule has 0 saturated carbocycles. The number of hydrogen-bond donors (Lipinski definition) is 2. The highest BCUT2D eigenvalue weighted by Gasteiger charge is 2.12. The van der Waals surface area contributed by atoms with Gasteiger partial charge in [0.25, 0.3) is 11.8 Å². The van der Waals surface area contributed by atoms with Crippen LogP contribution in [0.1, 0.15) is 10.4 Å². The first kappa shape index (κ1) is 19.1. The quantitative estimate of drug-likeness (QED) is 0.591. The van der Waals surface area contributed by atoms with E-state index in [9.17, 15) is 9.59 Å². The first-order valence-electron chi connectivity index (χ1n) is 6.78. The zero-order valence-electron chi connectivity index (χ0n) is 12.8. The minimum Gasteiger partial charge on any atom is -0.497 e. The number of ether oxygens (including phenoxy) is 2. The number of methoxy groups -OCH3 is 1. The van der Waals surface area contributed by atoms with Crippen LogP contribution in [0.4, 0.5) is 0 Å². The van der Waals surface area contributed by atoms with E-state index in [1.54, 1.807) is 24.3 Å². The molecule has 25 heavy (non-hydrogen) atoms. The zero-order valence-corrected chi connectivity index (χ0v) is 15.1. The molecule has 0 radical (unpaired) electrons. The lowest BCUT2D eigenvalue weighted by molar-refractivity contribution is -0.123. The van der Waals surface area contributed by atoms with Crippen molar-refractivity contribution in [2.45, 2.75) is 0 Å². The molecule has 0 spiro atoms. The second-order valence-electron chi connectivity index (χ2n) is 4.57. The van der Waals surface area contributed by atoms with Crippen LogP contribution in [0.3, 0.4) is 0 Å². The number of carbonyl (C=O) groups is 2. The van der Waals surface area contributed by atoms with Crippen molar-refractivity contribution in [3.8, 4) is 11.6 Å². The van der Waals surface area contributed by atoms with Crippen LogP contribution in [-0.4, -0.2) is 30.5 Å². The van der Waals surface area contributed by atoms with Crippen LogP contribution in [0.2, 0.25) is 15.2 Å². The normalized spacial score (nSPS) is 10.1. The highest BCUT2D eigenvalue weighted by molar-refractivity contribution is 6.42. The summed E-state index contributed by atoms with van der Waals surface area (Å²) in [6.45, 7) is -0.437. The first-order chi connectivity index (χ1) is 11.9. The predicted molar refractivity (Wildman–Crippen MR) is 93.4 cm³/mol. The Hall–Kier alpha value is -2.22. The molecule has 0 bridgehead atoms. The van der Waals surface area contributed by atoms with Crippen molar-refractivity contribution in [1.82, 2.24) is 15.8 Å². The minimum absolute atomic E-state index is 0.00529. The molecular formula is C15H12Cl3N3O4. The smallest absolute Gasteiger partial charge is 0.276 e. The van der Waals surface area contributed by atoms with Gasteiger partial charge in [0.05, 0.1) is 12.1 Å². The highest BCUT2D eigenvalue weighted by atomic mass is 35.5. The van der Waals surface area contributed by atoms with Gasteiger partial charge in [-0.2, -0.15) is 4.98 Å². The summed E-state index contributed by atoms with van der Waals surface area (Å²) in [4.78, 5) is 27.4. The largest absolute Gasteiger partial charge is 0.497 e. The van der Waals surface area contributed by atoms with E-state index < -0.39 is 18.4 Å². The lowest BCUT2D eigenvalue weighted by atomic mass is 10.2. The van der Waals surface area contributed by atoms with E-state index in [0.29, 0.717) is 11.3 Å². The van der Waals surface area contributed by atoms with Gasteiger partial charge in [0.15, 0.2) is 11.8 Å². The van der Waals surface area contributed by atoms with Crippen LogP contribution in [0.25, 0.3) is 0 Å². The van der Waals surface area contributed by atoms with Crippen LogP contribution in [0, 0.1) is 0 Å². The summed E-state index contributed by atoms with van der Waals surface area (Å²) < 4.78 is 10.1. The molecule has 2 amide bonds. The number of rotatable bonds is 5. The van der Waals surface area contributed by atoms with Gasteiger partial charge < -0.3 is 9.47 Å². The maximum Gasteiger partial charge on any atom is 0.276 e. The van der Waals surface area contributed by atoms with Crippen molar-refractivity contribution in [1.29, 1.82) is 0 Å². The van der Waals surface area contributed by atoms with Crippen molar-refractivity contribution in [3.05, 3.63) is 51.1 Å². The van der Waals surface area contributed by atoms with E-state index in [4.69, 9.17) is 44.3 Å². The Balaban J connectivity index is 1.84. The molecule has 1 aromatic carbocycles. The van der Waals surface area contributed by atoms with Gasteiger partial charge in [-0.25, -0.2) is 0 Å². The molecule has 7 nitrogen and oxygen atoms in total. The van der Waals surface area contributed by atoms with Crippen LogP contribution in [0.15, 0.2) is 30.3 Å². The summed E-state index contributed by atoms with van der Waals surface area (Å²) in [5, 5.41) is 0.258. The Kier molecular flexibility index (Phi) is 6.69. The summed E-state index contributed by atoms with van der Waals surface area (Å²) in [6, 6.07) is 7.69. The molecule has 1 aromatic heterocycles. The van der Waals surface area contributed by atoms with Gasteiger partial charge in [-0.05, 0) is 30.3 Å². The third kappa shape index (κ3) is 5.38. The fourth-order valence-electron chi connectivity index (χ4n) is 1.64. The van der Waals surface area contributed by atoms with E-state index in [2.05, 4.69) is 15.8 Å².